The van der Waals surface area contributed by atoms with Crippen molar-refractivity contribution in [2.45, 2.75) is 6.61 Å². The molecule has 0 saturated carbocycles. The Morgan fingerprint density at radius 3 is 3.00 bits per heavy atom. The summed E-state index contributed by atoms with van der Waals surface area (Å²) in [6.07, 6.45) is 1.71. The van der Waals surface area contributed by atoms with Gasteiger partial charge in [0.15, 0.2) is 0 Å². The van der Waals surface area contributed by atoms with Crippen molar-refractivity contribution in [2.24, 2.45) is 0 Å². The molecule has 0 spiro atoms. The van der Waals surface area contributed by atoms with E-state index in [-0.39, 0.29) is 4.38 Å². The molecule has 0 unspecified atom stereocenters. The van der Waals surface area contributed by atoms with Crippen LogP contribution in [0.1, 0.15) is 5.69 Å². The number of ether oxygens (including phenoxy) is 1. The van der Waals surface area contributed by atoms with Crippen molar-refractivity contribution in [2.75, 3.05) is 0 Å². The van der Waals surface area contributed by atoms with Gasteiger partial charge in [-0.2, -0.15) is 0 Å². The van der Waals surface area contributed by atoms with E-state index in [4.69, 9.17) is 4.74 Å². The summed E-state index contributed by atoms with van der Waals surface area (Å²) in [6, 6.07) is 5.61. The summed E-state index contributed by atoms with van der Waals surface area (Å²) in [5, 5.41) is 0. The second kappa shape index (κ2) is 4.31. The molecule has 2 nitrogen and oxygen atoms in total. The summed E-state index contributed by atoms with van der Waals surface area (Å²) in [7, 11) is 0. The maximum atomic E-state index is 4.96. The number of pyridine rings is 1. The summed E-state index contributed by atoms with van der Waals surface area (Å²) in [5.74, 6) is 0. The van der Waals surface area contributed by atoms with Gasteiger partial charge in [0.2, 0.25) is 4.38 Å². The third-order valence-corrected chi connectivity index (χ3v) is 1.32. The first-order chi connectivity index (χ1) is 5.29. The highest BCUT2D eigenvalue weighted by Crippen LogP contribution is 1.98. The van der Waals surface area contributed by atoms with E-state index in [2.05, 4.69) is 29.8 Å². The molecular formula is C7H7NOS2. The minimum absolute atomic E-state index is 0.246. The lowest BCUT2D eigenvalue weighted by molar-refractivity contribution is 0.305. The Bertz CT molecular complexity index is 237. The predicted octanol–water partition coefficient (Wildman–Crippen LogP) is 1.81. The Morgan fingerprint density at radius 2 is 2.45 bits per heavy atom. The Kier molecular flexibility index (Phi) is 3.32. The molecule has 0 aromatic carbocycles. The van der Waals surface area contributed by atoms with Crippen LogP contribution < -0.4 is 0 Å². The van der Waals surface area contributed by atoms with Gasteiger partial charge in [0.1, 0.15) is 6.61 Å². The highest BCUT2D eigenvalue weighted by molar-refractivity contribution is 8.10. The molecule has 0 aliphatic heterocycles. The van der Waals surface area contributed by atoms with Crippen LogP contribution in [0.5, 0.6) is 0 Å². The molecule has 4 heteroatoms. The fourth-order valence-corrected chi connectivity index (χ4v) is 0.743. The Labute approximate surface area is 76.0 Å². The first kappa shape index (κ1) is 8.49. The highest BCUT2D eigenvalue weighted by atomic mass is 32.1. The minimum Gasteiger partial charge on any atom is -0.472 e. The van der Waals surface area contributed by atoms with Crippen molar-refractivity contribution in [3.63, 3.8) is 0 Å². The van der Waals surface area contributed by atoms with Gasteiger partial charge < -0.3 is 4.74 Å². The van der Waals surface area contributed by atoms with Crippen molar-refractivity contribution >= 4 is 29.2 Å². The third-order valence-electron chi connectivity index (χ3n) is 1.07. The number of rotatable bonds is 2. The molecule has 1 aromatic rings. The monoisotopic (exact) mass is 185 g/mol. The fourth-order valence-electron chi connectivity index (χ4n) is 0.619. The van der Waals surface area contributed by atoms with Gasteiger partial charge in [0.05, 0.1) is 5.69 Å². The first-order valence-corrected chi connectivity index (χ1v) is 3.90. The smallest absolute Gasteiger partial charge is 0.217 e. The molecule has 1 aromatic heterocycles. The number of hydrogen-bond acceptors (Lipinski definition) is 3. The maximum absolute atomic E-state index is 4.96. The molecule has 0 bridgehead atoms. The van der Waals surface area contributed by atoms with E-state index < -0.39 is 0 Å². The molecule has 0 amide bonds. The van der Waals surface area contributed by atoms with Gasteiger partial charge in [-0.1, -0.05) is 18.7 Å². The van der Waals surface area contributed by atoms with E-state index in [0.29, 0.717) is 6.61 Å². The molecular weight excluding hydrogens is 178 g/mol. The quantitative estimate of drug-likeness (QED) is 0.561. The number of nitrogens with zero attached hydrogens (tertiary/aromatic N) is 1. The number of hydrogen-bond donors (Lipinski definition) is 1. The lowest BCUT2D eigenvalue weighted by Crippen LogP contribution is -1.96. The van der Waals surface area contributed by atoms with E-state index in [1.54, 1.807) is 6.20 Å². The molecule has 1 rings (SSSR count). The Morgan fingerprint density at radius 1 is 1.64 bits per heavy atom. The van der Waals surface area contributed by atoms with Gasteiger partial charge in [-0.05, 0) is 24.4 Å². The third kappa shape index (κ3) is 3.34. The molecule has 58 valence electrons. The standard InChI is InChI=1S/C7H7NOS2/c10-7(11)9-5-6-3-1-2-4-8-6/h1-4H,5H2,(H,10,11). The van der Waals surface area contributed by atoms with Crippen LogP contribution in [-0.2, 0) is 11.3 Å². The SMILES string of the molecule is S=C(S)OCc1ccccn1. The molecule has 1 heterocycles. The van der Waals surface area contributed by atoms with Crippen LogP contribution >= 0.6 is 24.8 Å². The summed E-state index contributed by atoms with van der Waals surface area (Å²) in [6.45, 7) is 0.392. The molecule has 0 N–H and O–H groups in total. The zero-order valence-corrected chi connectivity index (χ0v) is 7.44. The van der Waals surface area contributed by atoms with Crippen molar-refractivity contribution in [1.82, 2.24) is 4.98 Å². The topological polar surface area (TPSA) is 22.1 Å². The minimum atomic E-state index is 0.246. The molecule has 0 aliphatic carbocycles. The van der Waals surface area contributed by atoms with Crippen LogP contribution in [0.3, 0.4) is 0 Å². The van der Waals surface area contributed by atoms with Crippen LogP contribution in [-0.4, -0.2) is 9.37 Å². The maximum Gasteiger partial charge on any atom is 0.217 e. The molecule has 0 saturated heterocycles. The predicted molar refractivity (Wildman–Crippen MR) is 50.6 cm³/mol. The van der Waals surface area contributed by atoms with Crippen molar-refractivity contribution in [1.29, 1.82) is 0 Å². The summed E-state index contributed by atoms with van der Waals surface area (Å²) in [5.41, 5.74) is 0.851. The van der Waals surface area contributed by atoms with Gasteiger partial charge in [0.25, 0.3) is 0 Å². The van der Waals surface area contributed by atoms with E-state index >= 15 is 0 Å². The Hall–Kier alpha value is -0.610. The summed E-state index contributed by atoms with van der Waals surface area (Å²) >= 11 is 8.42. The van der Waals surface area contributed by atoms with Crippen LogP contribution in [0, 0.1) is 0 Å². The molecule has 0 atom stereocenters. The van der Waals surface area contributed by atoms with Crippen molar-refractivity contribution < 1.29 is 4.74 Å². The molecule has 0 aliphatic rings. The number of thiol groups is 1. The van der Waals surface area contributed by atoms with Gasteiger partial charge in [-0.15, -0.1) is 0 Å². The number of thiocarbonyl (C=S) groups is 1. The Balaban J connectivity index is 2.45. The van der Waals surface area contributed by atoms with Gasteiger partial charge in [-0.3, -0.25) is 4.98 Å². The lowest BCUT2D eigenvalue weighted by atomic mass is 10.4. The normalized spacial score (nSPS) is 9.18. The van der Waals surface area contributed by atoms with Gasteiger partial charge in [0, 0.05) is 6.20 Å². The second-order valence-electron chi connectivity index (χ2n) is 1.88. The van der Waals surface area contributed by atoms with E-state index in [9.17, 15) is 0 Å². The van der Waals surface area contributed by atoms with Gasteiger partial charge in [-0.25, -0.2) is 0 Å². The summed E-state index contributed by atoms with van der Waals surface area (Å²) < 4.78 is 5.21. The number of aromatic nitrogens is 1. The largest absolute Gasteiger partial charge is 0.472 e. The first-order valence-electron chi connectivity index (χ1n) is 3.04. The van der Waals surface area contributed by atoms with Gasteiger partial charge >= 0.3 is 0 Å². The average Bonchev–Trinajstić information content (AvgIpc) is 2.03. The highest BCUT2D eigenvalue weighted by Gasteiger charge is 1.92. The molecule has 11 heavy (non-hydrogen) atoms. The second-order valence-corrected chi connectivity index (χ2v) is 2.96. The zero-order valence-electron chi connectivity index (χ0n) is 5.73. The van der Waals surface area contributed by atoms with E-state index in [0.717, 1.165) is 5.69 Å². The van der Waals surface area contributed by atoms with E-state index in [1.807, 2.05) is 18.2 Å². The summed E-state index contributed by atoms with van der Waals surface area (Å²) in [4.78, 5) is 4.03. The van der Waals surface area contributed by atoms with Crippen LogP contribution in [0.25, 0.3) is 0 Å². The van der Waals surface area contributed by atoms with Crippen molar-refractivity contribution in [3.8, 4) is 0 Å². The van der Waals surface area contributed by atoms with E-state index in [1.165, 1.54) is 0 Å². The lowest BCUT2D eigenvalue weighted by Gasteiger charge is -2.00. The average molecular weight is 185 g/mol. The fraction of sp³-hybridized carbons (Fsp3) is 0.143. The van der Waals surface area contributed by atoms with Crippen LogP contribution in [0.4, 0.5) is 0 Å². The van der Waals surface area contributed by atoms with Crippen LogP contribution in [0.2, 0.25) is 0 Å². The molecule has 0 radical (unpaired) electrons. The molecule has 0 fully saturated rings. The van der Waals surface area contributed by atoms with Crippen molar-refractivity contribution in [3.05, 3.63) is 30.1 Å². The zero-order chi connectivity index (χ0) is 8.10. The van der Waals surface area contributed by atoms with Crippen LogP contribution in [0.15, 0.2) is 24.4 Å².